The van der Waals surface area contributed by atoms with Gasteiger partial charge in [-0.2, -0.15) is 0 Å². The van der Waals surface area contributed by atoms with Gasteiger partial charge in [-0.1, -0.05) is 42.5 Å². The number of nitrogens with zero attached hydrogens (tertiary/aromatic N) is 2. The summed E-state index contributed by atoms with van der Waals surface area (Å²) >= 11 is 0. The Kier molecular flexibility index (Phi) is 6.92. The van der Waals surface area contributed by atoms with E-state index in [2.05, 4.69) is 10.2 Å². The molecule has 1 aliphatic rings. The van der Waals surface area contributed by atoms with Crippen LogP contribution in [0.15, 0.2) is 54.6 Å². The number of hydrogen-bond acceptors (Lipinski definition) is 4. The first-order chi connectivity index (χ1) is 13.6. The van der Waals surface area contributed by atoms with Gasteiger partial charge in [0.1, 0.15) is 0 Å². The number of carbonyl (C=O) groups is 1. The molecule has 146 valence electrons. The molecule has 1 N–H and O–H groups in total. The molecule has 0 atom stereocenters. The quantitative estimate of drug-likeness (QED) is 0.249. The number of amides is 1. The van der Waals surface area contributed by atoms with Crippen LogP contribution in [0.5, 0.6) is 0 Å². The Morgan fingerprint density at radius 2 is 1.86 bits per heavy atom. The number of rotatable bonds is 8. The summed E-state index contributed by atoms with van der Waals surface area (Å²) in [7, 11) is 0. The molecule has 1 heterocycles. The minimum atomic E-state index is -0.433. The second-order valence-electron chi connectivity index (χ2n) is 6.93. The third-order valence-corrected chi connectivity index (χ3v) is 4.86. The van der Waals surface area contributed by atoms with Crippen LogP contribution < -0.4 is 5.32 Å². The van der Waals surface area contributed by atoms with E-state index in [1.807, 2.05) is 30.3 Å². The van der Waals surface area contributed by atoms with E-state index >= 15 is 0 Å². The van der Waals surface area contributed by atoms with E-state index in [0.717, 1.165) is 31.6 Å². The minimum absolute atomic E-state index is 0.00665. The summed E-state index contributed by atoms with van der Waals surface area (Å²) in [6.07, 6.45) is 5.13. The number of benzene rings is 2. The molecule has 0 aromatic heterocycles. The van der Waals surface area contributed by atoms with Crippen LogP contribution in [-0.4, -0.2) is 41.9 Å². The lowest BCUT2D eigenvalue weighted by Crippen LogP contribution is -2.29. The summed E-state index contributed by atoms with van der Waals surface area (Å²) in [5.74, 6) is -0.167. The van der Waals surface area contributed by atoms with Crippen LogP contribution in [0.3, 0.4) is 0 Å². The number of nitro benzene ring substituents is 1. The van der Waals surface area contributed by atoms with Crippen molar-refractivity contribution >= 4 is 23.2 Å². The first kappa shape index (κ1) is 19.8. The predicted octanol–water partition coefficient (Wildman–Crippen LogP) is 3.74. The van der Waals surface area contributed by atoms with Crippen molar-refractivity contribution in [2.75, 3.05) is 26.2 Å². The molecule has 28 heavy (non-hydrogen) atoms. The van der Waals surface area contributed by atoms with Gasteiger partial charge >= 0.3 is 0 Å². The van der Waals surface area contributed by atoms with Crippen LogP contribution >= 0.6 is 0 Å². The molecular formula is C22H25N3O3. The Hall–Kier alpha value is -2.99. The molecule has 3 rings (SSSR count). The number of nitro groups is 1. The zero-order chi connectivity index (χ0) is 19.8. The van der Waals surface area contributed by atoms with E-state index in [9.17, 15) is 14.9 Å². The number of carbonyl (C=O) groups excluding carboxylic acids is 1. The number of likely N-dealkylation sites (tertiary alicyclic amines) is 1. The van der Waals surface area contributed by atoms with Gasteiger partial charge < -0.3 is 10.2 Å². The summed E-state index contributed by atoms with van der Waals surface area (Å²) in [4.78, 5) is 25.9. The highest BCUT2D eigenvalue weighted by atomic mass is 16.6. The predicted molar refractivity (Wildman–Crippen MR) is 111 cm³/mol. The fraction of sp³-hybridized carbons (Fsp3) is 0.318. The van der Waals surface area contributed by atoms with Crippen molar-refractivity contribution in [3.63, 3.8) is 0 Å². The lowest BCUT2D eigenvalue weighted by Gasteiger charge is -2.15. The lowest BCUT2D eigenvalue weighted by molar-refractivity contribution is -0.384. The molecular weight excluding hydrogens is 354 g/mol. The third-order valence-electron chi connectivity index (χ3n) is 4.86. The average molecular weight is 379 g/mol. The fourth-order valence-electron chi connectivity index (χ4n) is 3.40. The molecule has 0 aliphatic carbocycles. The van der Waals surface area contributed by atoms with Crippen LogP contribution in [0.25, 0.3) is 11.6 Å². The first-order valence-electron chi connectivity index (χ1n) is 9.65. The Labute approximate surface area is 165 Å². The molecule has 0 unspecified atom stereocenters. The largest absolute Gasteiger partial charge is 0.352 e. The molecule has 1 amide bonds. The van der Waals surface area contributed by atoms with Crippen molar-refractivity contribution < 1.29 is 9.72 Å². The van der Waals surface area contributed by atoms with Crippen molar-refractivity contribution in [1.29, 1.82) is 0 Å². The molecule has 2 aromatic carbocycles. The number of non-ortho nitro benzene ring substituents is 1. The fourth-order valence-corrected chi connectivity index (χ4v) is 3.40. The molecule has 0 spiro atoms. The highest BCUT2D eigenvalue weighted by Crippen LogP contribution is 2.21. The summed E-state index contributed by atoms with van der Waals surface area (Å²) in [5, 5.41) is 14.0. The van der Waals surface area contributed by atoms with Gasteiger partial charge in [-0.05, 0) is 56.1 Å². The molecule has 1 fully saturated rings. The zero-order valence-electron chi connectivity index (χ0n) is 15.8. The van der Waals surface area contributed by atoms with Gasteiger partial charge in [0, 0.05) is 24.3 Å². The van der Waals surface area contributed by atoms with Gasteiger partial charge in [0.15, 0.2) is 0 Å². The van der Waals surface area contributed by atoms with Crippen molar-refractivity contribution in [2.45, 2.75) is 19.3 Å². The normalized spacial score (nSPS) is 14.8. The maximum absolute atomic E-state index is 12.8. The molecule has 0 saturated carbocycles. The van der Waals surface area contributed by atoms with E-state index in [4.69, 9.17) is 0 Å². The minimum Gasteiger partial charge on any atom is -0.352 e. The molecule has 0 bridgehead atoms. The van der Waals surface area contributed by atoms with E-state index in [-0.39, 0.29) is 11.6 Å². The van der Waals surface area contributed by atoms with E-state index in [1.165, 1.54) is 25.0 Å². The van der Waals surface area contributed by atoms with Gasteiger partial charge in [0.2, 0.25) is 0 Å². The van der Waals surface area contributed by atoms with Crippen LogP contribution in [-0.2, 0) is 4.79 Å². The highest BCUT2D eigenvalue weighted by molar-refractivity contribution is 6.24. The average Bonchev–Trinajstić information content (AvgIpc) is 3.23. The van der Waals surface area contributed by atoms with Gasteiger partial charge in [-0.25, -0.2) is 0 Å². The summed E-state index contributed by atoms with van der Waals surface area (Å²) < 4.78 is 0. The molecule has 1 saturated heterocycles. The third kappa shape index (κ3) is 5.50. The number of nitrogens with one attached hydrogen (secondary N) is 1. The molecule has 6 nitrogen and oxygen atoms in total. The van der Waals surface area contributed by atoms with Crippen molar-refractivity contribution in [2.24, 2.45) is 0 Å². The van der Waals surface area contributed by atoms with Crippen molar-refractivity contribution in [3.05, 3.63) is 75.8 Å². The Bertz CT molecular complexity index is 843. The summed E-state index contributed by atoms with van der Waals surface area (Å²) in [6, 6.07) is 15.7. The standard InChI is InChI=1S/C22H25N3O3/c26-22(23-12-7-15-24-13-4-5-14-24)21(19-9-2-1-3-10-19)17-18-8-6-11-20(16-18)25(27)28/h1-3,6,8-11,16-17H,4-5,7,12-15H2,(H,23,26)/b21-17+. The molecule has 6 heteroatoms. The van der Waals surface area contributed by atoms with E-state index < -0.39 is 4.92 Å². The first-order valence-corrected chi connectivity index (χ1v) is 9.65. The van der Waals surface area contributed by atoms with Crippen molar-refractivity contribution in [1.82, 2.24) is 10.2 Å². The lowest BCUT2D eigenvalue weighted by atomic mass is 10.0. The number of hydrogen-bond donors (Lipinski definition) is 1. The molecule has 2 aromatic rings. The Morgan fingerprint density at radius 1 is 1.11 bits per heavy atom. The summed E-state index contributed by atoms with van der Waals surface area (Å²) in [6.45, 7) is 3.90. The topological polar surface area (TPSA) is 75.5 Å². The van der Waals surface area contributed by atoms with Gasteiger partial charge in [0.05, 0.1) is 4.92 Å². The zero-order valence-corrected chi connectivity index (χ0v) is 15.8. The Morgan fingerprint density at radius 3 is 2.57 bits per heavy atom. The maximum atomic E-state index is 12.8. The van der Waals surface area contributed by atoms with Crippen LogP contribution in [0.4, 0.5) is 5.69 Å². The second-order valence-corrected chi connectivity index (χ2v) is 6.93. The van der Waals surface area contributed by atoms with Gasteiger partial charge in [0.25, 0.3) is 11.6 Å². The second kappa shape index (κ2) is 9.80. The monoisotopic (exact) mass is 379 g/mol. The van der Waals surface area contributed by atoms with Gasteiger partial charge in [-0.3, -0.25) is 14.9 Å². The summed E-state index contributed by atoms with van der Waals surface area (Å²) in [5.41, 5.74) is 1.92. The molecule has 1 aliphatic heterocycles. The van der Waals surface area contributed by atoms with E-state index in [0.29, 0.717) is 17.7 Å². The van der Waals surface area contributed by atoms with Crippen LogP contribution in [0.1, 0.15) is 30.4 Å². The Balaban J connectivity index is 1.72. The van der Waals surface area contributed by atoms with E-state index in [1.54, 1.807) is 18.2 Å². The molecule has 0 radical (unpaired) electrons. The maximum Gasteiger partial charge on any atom is 0.270 e. The van der Waals surface area contributed by atoms with Crippen molar-refractivity contribution in [3.8, 4) is 0 Å². The highest BCUT2D eigenvalue weighted by Gasteiger charge is 2.14. The van der Waals surface area contributed by atoms with Gasteiger partial charge in [-0.15, -0.1) is 0 Å². The SMILES string of the molecule is O=C(NCCCN1CCCC1)/C(=C/c1cccc([N+](=O)[O-])c1)c1ccccc1. The van der Waals surface area contributed by atoms with Crippen LogP contribution in [0.2, 0.25) is 0 Å². The smallest absolute Gasteiger partial charge is 0.270 e. The van der Waals surface area contributed by atoms with Crippen LogP contribution in [0, 0.1) is 10.1 Å².